The predicted octanol–water partition coefficient (Wildman–Crippen LogP) is 2.64. The van der Waals surface area contributed by atoms with Gasteiger partial charge in [0.1, 0.15) is 0 Å². The molecule has 2 aliphatic rings. The lowest BCUT2D eigenvalue weighted by molar-refractivity contribution is 0.157. The Morgan fingerprint density at radius 1 is 1.12 bits per heavy atom. The fourth-order valence-electron chi connectivity index (χ4n) is 3.36. The average molecular weight is 224 g/mol. The summed E-state index contributed by atoms with van der Waals surface area (Å²) in [6, 6.07) is 0.835. The molecule has 0 amide bonds. The first-order valence-electron chi connectivity index (χ1n) is 7.35. The van der Waals surface area contributed by atoms with Crippen LogP contribution in [0.25, 0.3) is 0 Å². The minimum atomic E-state index is 0.835. The lowest BCUT2D eigenvalue weighted by atomic mass is 9.88. The summed E-state index contributed by atoms with van der Waals surface area (Å²) in [6.07, 6.45) is 10.1. The van der Waals surface area contributed by atoms with E-state index in [2.05, 4.69) is 17.1 Å². The molecule has 1 saturated carbocycles. The smallest absolute Gasteiger partial charge is 0.0232 e. The molecule has 1 saturated heterocycles. The molecule has 94 valence electrons. The lowest BCUT2D eigenvalue weighted by Crippen LogP contribution is -2.41. The van der Waals surface area contributed by atoms with E-state index in [0.29, 0.717) is 0 Å². The minimum absolute atomic E-state index is 0.835. The average Bonchev–Trinajstić information content (AvgIpc) is 2.83. The largest absolute Gasteiger partial charge is 0.315 e. The Bertz CT molecular complexity index is 181. The highest BCUT2D eigenvalue weighted by Gasteiger charge is 2.24. The third-order valence-electron chi connectivity index (χ3n) is 4.28. The first-order chi connectivity index (χ1) is 7.90. The molecule has 1 heterocycles. The third-order valence-corrected chi connectivity index (χ3v) is 4.28. The molecule has 2 heteroatoms. The van der Waals surface area contributed by atoms with Gasteiger partial charge in [0.05, 0.1) is 0 Å². The number of rotatable bonds is 5. The minimum Gasteiger partial charge on any atom is -0.315 e. The molecule has 0 spiro atoms. The van der Waals surface area contributed by atoms with Gasteiger partial charge < -0.3 is 5.32 Å². The summed E-state index contributed by atoms with van der Waals surface area (Å²) in [5, 5.41) is 3.51. The van der Waals surface area contributed by atoms with Crippen molar-refractivity contribution in [1.82, 2.24) is 10.2 Å². The van der Waals surface area contributed by atoms with Crippen molar-refractivity contribution < 1.29 is 0 Å². The van der Waals surface area contributed by atoms with Crippen LogP contribution in [0.2, 0.25) is 0 Å². The second kappa shape index (κ2) is 6.61. The zero-order valence-electron chi connectivity index (χ0n) is 10.9. The van der Waals surface area contributed by atoms with Gasteiger partial charge in [0, 0.05) is 19.1 Å². The van der Waals surface area contributed by atoms with E-state index in [4.69, 9.17) is 0 Å². The molecule has 0 bridgehead atoms. The van der Waals surface area contributed by atoms with Crippen molar-refractivity contribution in [1.29, 1.82) is 0 Å². The molecule has 1 atom stereocenters. The van der Waals surface area contributed by atoms with Crippen molar-refractivity contribution in [2.24, 2.45) is 5.92 Å². The van der Waals surface area contributed by atoms with Crippen molar-refractivity contribution in [3.05, 3.63) is 0 Å². The highest BCUT2D eigenvalue weighted by Crippen LogP contribution is 2.25. The van der Waals surface area contributed by atoms with E-state index in [0.717, 1.165) is 12.0 Å². The van der Waals surface area contributed by atoms with Crippen molar-refractivity contribution >= 4 is 0 Å². The summed E-state index contributed by atoms with van der Waals surface area (Å²) in [5.74, 6) is 1.00. The van der Waals surface area contributed by atoms with Crippen molar-refractivity contribution in [2.45, 2.75) is 57.9 Å². The second-order valence-electron chi connectivity index (χ2n) is 5.65. The molecule has 1 aliphatic heterocycles. The Hall–Kier alpha value is -0.0800. The van der Waals surface area contributed by atoms with Crippen molar-refractivity contribution in [2.75, 3.05) is 26.2 Å². The number of hydrogen-bond acceptors (Lipinski definition) is 2. The Morgan fingerprint density at radius 3 is 2.56 bits per heavy atom. The third kappa shape index (κ3) is 3.46. The summed E-state index contributed by atoms with van der Waals surface area (Å²) in [5.41, 5.74) is 0. The van der Waals surface area contributed by atoms with Crippen LogP contribution in [0, 0.1) is 5.92 Å². The van der Waals surface area contributed by atoms with Crippen LogP contribution in [0.3, 0.4) is 0 Å². The predicted molar refractivity (Wildman–Crippen MR) is 69.7 cm³/mol. The van der Waals surface area contributed by atoms with Crippen molar-refractivity contribution in [3.8, 4) is 0 Å². The van der Waals surface area contributed by atoms with Crippen LogP contribution in [0.5, 0.6) is 0 Å². The fourth-order valence-corrected chi connectivity index (χ4v) is 3.36. The SMILES string of the molecule is CCCN(CC1CCCCC1)C1CCNC1. The summed E-state index contributed by atoms with van der Waals surface area (Å²) in [6.45, 7) is 7.46. The van der Waals surface area contributed by atoms with E-state index in [9.17, 15) is 0 Å². The van der Waals surface area contributed by atoms with Crippen LogP contribution in [0.15, 0.2) is 0 Å². The topological polar surface area (TPSA) is 15.3 Å². The summed E-state index contributed by atoms with van der Waals surface area (Å²) >= 11 is 0. The quantitative estimate of drug-likeness (QED) is 0.772. The molecule has 2 fully saturated rings. The molecule has 16 heavy (non-hydrogen) atoms. The molecule has 1 N–H and O–H groups in total. The molecule has 1 unspecified atom stereocenters. The lowest BCUT2D eigenvalue weighted by Gasteiger charge is -2.33. The monoisotopic (exact) mass is 224 g/mol. The fraction of sp³-hybridized carbons (Fsp3) is 1.00. The van der Waals surface area contributed by atoms with E-state index in [-0.39, 0.29) is 0 Å². The molecular formula is C14H28N2. The zero-order chi connectivity index (χ0) is 11.2. The van der Waals surface area contributed by atoms with E-state index in [1.807, 2.05) is 0 Å². The Kier molecular flexibility index (Phi) is 5.11. The van der Waals surface area contributed by atoms with Gasteiger partial charge in [-0.25, -0.2) is 0 Å². The summed E-state index contributed by atoms with van der Waals surface area (Å²) in [4.78, 5) is 2.77. The van der Waals surface area contributed by atoms with E-state index >= 15 is 0 Å². The Labute approximate surface area is 101 Å². The van der Waals surface area contributed by atoms with Crippen molar-refractivity contribution in [3.63, 3.8) is 0 Å². The zero-order valence-corrected chi connectivity index (χ0v) is 10.9. The molecular weight excluding hydrogens is 196 g/mol. The Balaban J connectivity index is 1.80. The van der Waals surface area contributed by atoms with Gasteiger partial charge in [-0.15, -0.1) is 0 Å². The van der Waals surface area contributed by atoms with Gasteiger partial charge in [-0.05, 0) is 44.7 Å². The van der Waals surface area contributed by atoms with Gasteiger partial charge in [0.25, 0.3) is 0 Å². The van der Waals surface area contributed by atoms with E-state index in [1.165, 1.54) is 71.1 Å². The first-order valence-corrected chi connectivity index (χ1v) is 7.35. The van der Waals surface area contributed by atoms with Gasteiger partial charge in [-0.2, -0.15) is 0 Å². The highest BCUT2D eigenvalue weighted by molar-refractivity contribution is 4.82. The normalized spacial score (nSPS) is 27.8. The van der Waals surface area contributed by atoms with Gasteiger partial charge in [0.15, 0.2) is 0 Å². The molecule has 0 aromatic carbocycles. The van der Waals surface area contributed by atoms with Crippen LogP contribution < -0.4 is 5.32 Å². The Morgan fingerprint density at radius 2 is 1.94 bits per heavy atom. The first kappa shape index (κ1) is 12.4. The second-order valence-corrected chi connectivity index (χ2v) is 5.65. The van der Waals surface area contributed by atoms with E-state index in [1.54, 1.807) is 0 Å². The van der Waals surface area contributed by atoms with Crippen LogP contribution in [-0.2, 0) is 0 Å². The molecule has 0 aromatic rings. The molecule has 2 rings (SSSR count). The van der Waals surface area contributed by atoms with Gasteiger partial charge in [-0.3, -0.25) is 4.90 Å². The number of nitrogens with zero attached hydrogens (tertiary/aromatic N) is 1. The summed E-state index contributed by atoms with van der Waals surface area (Å²) in [7, 11) is 0. The number of nitrogens with one attached hydrogen (secondary N) is 1. The molecule has 2 nitrogen and oxygen atoms in total. The number of hydrogen-bond donors (Lipinski definition) is 1. The molecule has 0 radical (unpaired) electrons. The van der Waals surface area contributed by atoms with Gasteiger partial charge in [-0.1, -0.05) is 26.2 Å². The van der Waals surface area contributed by atoms with Gasteiger partial charge >= 0.3 is 0 Å². The van der Waals surface area contributed by atoms with Crippen LogP contribution in [-0.4, -0.2) is 37.1 Å². The standard InChI is InChI=1S/C14H28N2/c1-2-10-16(14-8-9-15-11-14)12-13-6-4-3-5-7-13/h13-15H,2-12H2,1H3. The van der Waals surface area contributed by atoms with Crippen LogP contribution in [0.1, 0.15) is 51.9 Å². The molecule has 0 aromatic heterocycles. The highest BCUT2D eigenvalue weighted by atomic mass is 15.2. The van der Waals surface area contributed by atoms with Crippen LogP contribution in [0.4, 0.5) is 0 Å². The van der Waals surface area contributed by atoms with Gasteiger partial charge in [0.2, 0.25) is 0 Å². The maximum absolute atomic E-state index is 3.51. The maximum Gasteiger partial charge on any atom is 0.0232 e. The molecule has 1 aliphatic carbocycles. The maximum atomic E-state index is 3.51. The van der Waals surface area contributed by atoms with Crippen LogP contribution >= 0.6 is 0 Å². The summed E-state index contributed by atoms with van der Waals surface area (Å²) < 4.78 is 0. The van der Waals surface area contributed by atoms with E-state index < -0.39 is 0 Å².